The molecule has 130 valence electrons. The molecule has 4 heteroatoms. The van der Waals surface area contributed by atoms with Gasteiger partial charge in [0.2, 0.25) is 0 Å². The number of aryl methyl sites for hydroxylation is 5. The molecule has 0 saturated carbocycles. The quantitative estimate of drug-likeness (QED) is 0.646. The molecule has 0 saturated heterocycles. The third kappa shape index (κ3) is 3.45. The molecule has 1 amide bonds. The zero-order chi connectivity index (χ0) is 18.1. The molecule has 3 aromatic rings. The van der Waals surface area contributed by atoms with Gasteiger partial charge in [0, 0.05) is 12.1 Å². The second kappa shape index (κ2) is 6.96. The van der Waals surface area contributed by atoms with Gasteiger partial charge in [-0.3, -0.25) is 4.79 Å². The predicted molar refractivity (Wildman–Crippen MR) is 105 cm³/mol. The normalized spacial score (nSPS) is 12.1. The van der Waals surface area contributed by atoms with E-state index in [0.717, 1.165) is 28.9 Å². The van der Waals surface area contributed by atoms with Crippen LogP contribution >= 0.6 is 11.3 Å². The van der Waals surface area contributed by atoms with Crippen LogP contribution in [0.2, 0.25) is 0 Å². The number of aromatic nitrogens is 1. The SMILES string of the molecule is CCCn1c(=NC(=O)c2ccc(C)cc2C)sc2cc(C)c(C)cc21. The van der Waals surface area contributed by atoms with Crippen LogP contribution in [0.5, 0.6) is 0 Å². The summed E-state index contributed by atoms with van der Waals surface area (Å²) < 4.78 is 3.36. The van der Waals surface area contributed by atoms with Gasteiger partial charge >= 0.3 is 0 Å². The summed E-state index contributed by atoms with van der Waals surface area (Å²) >= 11 is 1.59. The van der Waals surface area contributed by atoms with Gasteiger partial charge in [0.15, 0.2) is 4.80 Å². The Morgan fingerprint density at radius 1 is 1.04 bits per heavy atom. The summed E-state index contributed by atoms with van der Waals surface area (Å²) in [4.78, 5) is 18.0. The number of fused-ring (bicyclic) bond motifs is 1. The summed E-state index contributed by atoms with van der Waals surface area (Å²) in [5.74, 6) is -0.164. The van der Waals surface area contributed by atoms with Crippen molar-refractivity contribution in [2.24, 2.45) is 4.99 Å². The average Bonchev–Trinajstić information content (AvgIpc) is 2.85. The average molecular weight is 353 g/mol. The van der Waals surface area contributed by atoms with Crippen molar-refractivity contribution in [2.75, 3.05) is 0 Å². The van der Waals surface area contributed by atoms with Crippen LogP contribution in [0.4, 0.5) is 0 Å². The molecular formula is C21H24N2OS. The molecule has 0 atom stereocenters. The maximum Gasteiger partial charge on any atom is 0.279 e. The fraction of sp³-hybridized carbons (Fsp3) is 0.333. The number of hydrogen-bond acceptors (Lipinski definition) is 2. The molecule has 1 heterocycles. The lowest BCUT2D eigenvalue weighted by Gasteiger charge is -2.05. The van der Waals surface area contributed by atoms with Gasteiger partial charge in [-0.15, -0.1) is 0 Å². The number of carbonyl (C=O) groups is 1. The molecule has 3 rings (SSSR count). The molecule has 0 aliphatic carbocycles. The standard InChI is InChI=1S/C21H24N2OS/c1-6-9-23-18-11-14(3)15(4)12-19(18)25-21(23)22-20(24)17-8-7-13(2)10-16(17)5/h7-8,10-12H,6,9H2,1-5H3. The number of amides is 1. The van der Waals surface area contributed by atoms with Crippen molar-refractivity contribution < 1.29 is 4.79 Å². The van der Waals surface area contributed by atoms with E-state index in [-0.39, 0.29) is 5.91 Å². The lowest BCUT2D eigenvalue weighted by Crippen LogP contribution is -2.17. The maximum absolute atomic E-state index is 12.7. The Bertz CT molecular complexity index is 1020. The Morgan fingerprint density at radius 3 is 2.44 bits per heavy atom. The first-order valence-electron chi connectivity index (χ1n) is 8.67. The van der Waals surface area contributed by atoms with Crippen LogP contribution in [0.1, 0.15) is 46.0 Å². The second-order valence-corrected chi connectivity index (χ2v) is 7.68. The van der Waals surface area contributed by atoms with Crippen LogP contribution in [-0.2, 0) is 6.54 Å². The molecule has 0 radical (unpaired) electrons. The van der Waals surface area contributed by atoms with Gasteiger partial charge in [-0.1, -0.05) is 36.0 Å². The molecule has 1 aromatic heterocycles. The number of nitrogens with zero attached hydrogens (tertiary/aromatic N) is 2. The van der Waals surface area contributed by atoms with Crippen molar-refractivity contribution in [1.82, 2.24) is 4.57 Å². The van der Waals surface area contributed by atoms with E-state index in [1.807, 2.05) is 32.0 Å². The number of carbonyl (C=O) groups excluding carboxylic acids is 1. The van der Waals surface area contributed by atoms with Gasteiger partial charge in [0.1, 0.15) is 0 Å². The van der Waals surface area contributed by atoms with Gasteiger partial charge in [-0.2, -0.15) is 4.99 Å². The highest BCUT2D eigenvalue weighted by Crippen LogP contribution is 2.22. The predicted octanol–water partition coefficient (Wildman–Crippen LogP) is 5.09. The smallest absolute Gasteiger partial charge is 0.279 e. The summed E-state index contributed by atoms with van der Waals surface area (Å²) in [6.45, 7) is 11.3. The van der Waals surface area contributed by atoms with E-state index >= 15 is 0 Å². The molecule has 2 aromatic carbocycles. The lowest BCUT2D eigenvalue weighted by molar-refractivity contribution is 0.0997. The van der Waals surface area contributed by atoms with E-state index < -0.39 is 0 Å². The van der Waals surface area contributed by atoms with E-state index in [1.54, 1.807) is 11.3 Å². The molecule has 0 spiro atoms. The molecule has 0 bridgehead atoms. The number of benzene rings is 2. The topological polar surface area (TPSA) is 34.4 Å². The molecule has 3 nitrogen and oxygen atoms in total. The molecular weight excluding hydrogens is 328 g/mol. The Labute approximate surface area is 152 Å². The second-order valence-electron chi connectivity index (χ2n) is 6.68. The zero-order valence-corrected chi connectivity index (χ0v) is 16.3. The van der Waals surface area contributed by atoms with Gasteiger partial charge in [0.05, 0.1) is 10.2 Å². The monoisotopic (exact) mass is 352 g/mol. The third-order valence-corrected chi connectivity index (χ3v) is 5.60. The van der Waals surface area contributed by atoms with Gasteiger partial charge in [-0.05, 0) is 69.0 Å². The van der Waals surface area contributed by atoms with E-state index in [9.17, 15) is 4.79 Å². The summed E-state index contributed by atoms with van der Waals surface area (Å²) in [6.07, 6.45) is 1.00. The summed E-state index contributed by atoms with van der Waals surface area (Å²) in [7, 11) is 0. The van der Waals surface area contributed by atoms with Crippen LogP contribution in [0.3, 0.4) is 0 Å². The lowest BCUT2D eigenvalue weighted by atomic mass is 10.1. The van der Waals surface area contributed by atoms with Gasteiger partial charge < -0.3 is 4.57 Å². The molecule has 0 fully saturated rings. The van der Waals surface area contributed by atoms with Crippen molar-refractivity contribution in [1.29, 1.82) is 0 Å². The van der Waals surface area contributed by atoms with E-state index in [2.05, 4.69) is 42.5 Å². The van der Waals surface area contributed by atoms with Crippen molar-refractivity contribution >= 4 is 27.5 Å². The Morgan fingerprint density at radius 2 is 1.76 bits per heavy atom. The summed E-state index contributed by atoms with van der Waals surface area (Å²) in [5.41, 5.74) is 6.51. The van der Waals surface area contributed by atoms with E-state index in [0.29, 0.717) is 5.56 Å². The van der Waals surface area contributed by atoms with E-state index in [1.165, 1.54) is 21.3 Å². The largest absolute Gasteiger partial charge is 0.316 e. The number of thiazole rings is 1. The van der Waals surface area contributed by atoms with Crippen molar-refractivity contribution in [3.63, 3.8) is 0 Å². The van der Waals surface area contributed by atoms with Crippen molar-refractivity contribution in [3.05, 3.63) is 63.0 Å². The maximum atomic E-state index is 12.7. The minimum absolute atomic E-state index is 0.164. The van der Waals surface area contributed by atoms with Crippen LogP contribution in [-0.4, -0.2) is 10.5 Å². The first kappa shape index (κ1) is 17.6. The van der Waals surface area contributed by atoms with Crippen LogP contribution in [0.15, 0.2) is 35.3 Å². The first-order chi connectivity index (χ1) is 11.9. The van der Waals surface area contributed by atoms with E-state index in [4.69, 9.17) is 0 Å². The highest BCUT2D eigenvalue weighted by molar-refractivity contribution is 7.16. The Kier molecular flexibility index (Phi) is 4.91. The minimum atomic E-state index is -0.164. The molecule has 0 unspecified atom stereocenters. The third-order valence-electron chi connectivity index (χ3n) is 4.55. The van der Waals surface area contributed by atoms with Crippen LogP contribution in [0, 0.1) is 27.7 Å². The molecule has 0 aliphatic heterocycles. The highest BCUT2D eigenvalue weighted by Gasteiger charge is 2.11. The molecule has 0 N–H and O–H groups in total. The summed E-state index contributed by atoms with van der Waals surface area (Å²) in [6, 6.07) is 10.3. The highest BCUT2D eigenvalue weighted by atomic mass is 32.1. The zero-order valence-electron chi connectivity index (χ0n) is 15.5. The van der Waals surface area contributed by atoms with Crippen LogP contribution in [0.25, 0.3) is 10.2 Å². The van der Waals surface area contributed by atoms with Gasteiger partial charge in [0.25, 0.3) is 5.91 Å². The fourth-order valence-electron chi connectivity index (χ4n) is 3.05. The fourth-order valence-corrected chi connectivity index (χ4v) is 4.18. The Balaban J connectivity index is 2.17. The number of hydrogen-bond donors (Lipinski definition) is 0. The summed E-state index contributed by atoms with van der Waals surface area (Å²) in [5, 5.41) is 0. The minimum Gasteiger partial charge on any atom is -0.316 e. The van der Waals surface area contributed by atoms with Crippen molar-refractivity contribution in [3.8, 4) is 0 Å². The van der Waals surface area contributed by atoms with Crippen LogP contribution < -0.4 is 4.80 Å². The molecule has 25 heavy (non-hydrogen) atoms. The Hall–Kier alpha value is -2.20. The van der Waals surface area contributed by atoms with Crippen molar-refractivity contribution in [2.45, 2.75) is 47.6 Å². The molecule has 0 aliphatic rings. The van der Waals surface area contributed by atoms with Gasteiger partial charge in [-0.25, -0.2) is 0 Å². The number of rotatable bonds is 3. The first-order valence-corrected chi connectivity index (χ1v) is 9.49.